The van der Waals surface area contributed by atoms with Gasteiger partial charge in [-0.15, -0.1) is 10.2 Å². The fourth-order valence-electron chi connectivity index (χ4n) is 3.05. The van der Waals surface area contributed by atoms with E-state index in [1.807, 2.05) is 48.9 Å². The predicted molar refractivity (Wildman–Crippen MR) is 109 cm³/mol. The van der Waals surface area contributed by atoms with Crippen LogP contribution in [0.4, 0.5) is 0 Å². The molecule has 0 aliphatic heterocycles. The van der Waals surface area contributed by atoms with E-state index in [0.29, 0.717) is 0 Å². The Balaban J connectivity index is 1.63. The summed E-state index contributed by atoms with van der Waals surface area (Å²) in [6.45, 7) is 4.00. The fraction of sp³-hybridized carbons (Fsp3) is 0.136. The topological polar surface area (TPSA) is 43.6 Å². The van der Waals surface area contributed by atoms with Gasteiger partial charge in [0.1, 0.15) is 5.03 Å². The third-order valence-electron chi connectivity index (χ3n) is 4.30. The van der Waals surface area contributed by atoms with Crippen molar-refractivity contribution in [3.8, 4) is 5.82 Å². The van der Waals surface area contributed by atoms with Gasteiger partial charge in [0, 0.05) is 5.69 Å². The molecule has 4 aromatic rings. The molecule has 0 fully saturated rings. The van der Waals surface area contributed by atoms with Gasteiger partial charge in [-0.1, -0.05) is 72.4 Å². The standard InChI is InChI=1S/C22H20N4S/c1-16-15-17(2)26(25-16)20-13-14-21(24-23-20)27-22(18-9-5-3-6-10-18)19-11-7-4-8-12-19/h3-15,22H,1-2H3. The molecule has 0 amide bonds. The SMILES string of the molecule is Cc1cc(C)n(-c2ccc(SC(c3ccccc3)c3ccccc3)nn2)n1. The van der Waals surface area contributed by atoms with Gasteiger partial charge in [0.15, 0.2) is 5.82 Å². The lowest BCUT2D eigenvalue weighted by atomic mass is 10.0. The van der Waals surface area contributed by atoms with Gasteiger partial charge in [0.2, 0.25) is 0 Å². The first-order chi connectivity index (χ1) is 13.2. The van der Waals surface area contributed by atoms with Crippen LogP contribution in [0, 0.1) is 13.8 Å². The molecule has 4 rings (SSSR count). The average Bonchev–Trinajstić information content (AvgIpc) is 3.06. The number of aromatic nitrogens is 4. The largest absolute Gasteiger partial charge is 0.218 e. The summed E-state index contributed by atoms with van der Waals surface area (Å²) in [5.74, 6) is 0.737. The summed E-state index contributed by atoms with van der Waals surface area (Å²) < 4.78 is 1.82. The third-order valence-corrected chi connectivity index (χ3v) is 5.54. The van der Waals surface area contributed by atoms with Gasteiger partial charge in [-0.2, -0.15) is 5.10 Å². The Hall–Kier alpha value is -2.92. The van der Waals surface area contributed by atoms with Crippen molar-refractivity contribution in [1.82, 2.24) is 20.0 Å². The second-order valence-corrected chi connectivity index (χ2v) is 7.51. The Bertz CT molecular complexity index is 972. The number of hydrogen-bond acceptors (Lipinski definition) is 4. The summed E-state index contributed by atoms with van der Waals surface area (Å²) in [5.41, 5.74) is 4.52. The number of benzene rings is 2. The van der Waals surface area contributed by atoms with Crippen LogP contribution in [-0.2, 0) is 0 Å². The average molecular weight is 372 g/mol. The van der Waals surface area contributed by atoms with Gasteiger partial charge in [-0.25, -0.2) is 4.68 Å². The monoisotopic (exact) mass is 372 g/mol. The molecule has 0 radical (unpaired) electrons. The van der Waals surface area contributed by atoms with Crippen LogP contribution in [-0.4, -0.2) is 20.0 Å². The molecule has 0 N–H and O–H groups in total. The van der Waals surface area contributed by atoms with Crippen molar-refractivity contribution >= 4 is 11.8 Å². The number of thioether (sulfide) groups is 1. The Labute approximate surface area is 163 Å². The van der Waals surface area contributed by atoms with Gasteiger partial charge in [0.25, 0.3) is 0 Å². The van der Waals surface area contributed by atoms with Crippen molar-refractivity contribution in [2.45, 2.75) is 24.1 Å². The molecule has 0 spiro atoms. The Kier molecular flexibility index (Phi) is 5.03. The maximum absolute atomic E-state index is 4.47. The normalized spacial score (nSPS) is 11.1. The molecule has 2 aromatic heterocycles. The lowest BCUT2D eigenvalue weighted by molar-refractivity contribution is 0.765. The molecule has 27 heavy (non-hydrogen) atoms. The lowest BCUT2D eigenvalue weighted by Gasteiger charge is -2.17. The van der Waals surface area contributed by atoms with Crippen molar-refractivity contribution in [2.24, 2.45) is 0 Å². The van der Waals surface area contributed by atoms with Gasteiger partial charge >= 0.3 is 0 Å². The molecule has 0 atom stereocenters. The zero-order valence-electron chi connectivity index (χ0n) is 15.3. The van der Waals surface area contributed by atoms with E-state index in [1.165, 1.54) is 11.1 Å². The highest BCUT2D eigenvalue weighted by molar-refractivity contribution is 7.99. The summed E-state index contributed by atoms with van der Waals surface area (Å²) in [7, 11) is 0. The minimum absolute atomic E-state index is 0.168. The number of nitrogens with zero attached hydrogens (tertiary/aromatic N) is 4. The zero-order chi connectivity index (χ0) is 18.6. The van der Waals surface area contributed by atoms with E-state index in [4.69, 9.17) is 0 Å². The summed E-state index contributed by atoms with van der Waals surface area (Å²) >= 11 is 1.70. The molecule has 0 unspecified atom stereocenters. The number of rotatable bonds is 5. The lowest BCUT2D eigenvalue weighted by Crippen LogP contribution is -2.04. The fourth-order valence-corrected chi connectivity index (χ4v) is 4.12. The first-order valence-electron chi connectivity index (χ1n) is 8.84. The molecule has 0 bridgehead atoms. The molecule has 2 heterocycles. The second kappa shape index (κ2) is 7.76. The van der Waals surface area contributed by atoms with E-state index in [-0.39, 0.29) is 5.25 Å². The molecule has 0 aliphatic carbocycles. The van der Waals surface area contributed by atoms with E-state index in [9.17, 15) is 0 Å². The molecular weight excluding hydrogens is 352 g/mol. The van der Waals surface area contributed by atoms with Crippen LogP contribution in [0.25, 0.3) is 5.82 Å². The van der Waals surface area contributed by atoms with Crippen molar-refractivity contribution in [1.29, 1.82) is 0 Å². The minimum Gasteiger partial charge on any atom is -0.218 e. The van der Waals surface area contributed by atoms with Crippen LogP contribution in [0.2, 0.25) is 0 Å². The molecule has 0 aliphatic rings. The van der Waals surface area contributed by atoms with Gasteiger partial charge in [-0.3, -0.25) is 0 Å². The third kappa shape index (κ3) is 3.93. The van der Waals surface area contributed by atoms with Gasteiger partial charge in [0.05, 0.1) is 10.9 Å². The molecule has 4 nitrogen and oxygen atoms in total. The molecule has 2 aromatic carbocycles. The van der Waals surface area contributed by atoms with E-state index in [2.05, 4.69) is 63.8 Å². The summed E-state index contributed by atoms with van der Waals surface area (Å²) in [6.07, 6.45) is 0. The quantitative estimate of drug-likeness (QED) is 0.454. The van der Waals surface area contributed by atoms with E-state index < -0.39 is 0 Å². The maximum atomic E-state index is 4.47. The van der Waals surface area contributed by atoms with Gasteiger partial charge in [-0.05, 0) is 43.2 Å². The smallest absolute Gasteiger partial charge is 0.175 e. The highest BCUT2D eigenvalue weighted by Gasteiger charge is 2.17. The van der Waals surface area contributed by atoms with E-state index in [0.717, 1.165) is 22.2 Å². The molecular formula is C22H20N4S. The van der Waals surface area contributed by atoms with Crippen LogP contribution >= 0.6 is 11.8 Å². The summed E-state index contributed by atoms with van der Waals surface area (Å²) in [6, 6.07) is 27.0. The van der Waals surface area contributed by atoms with Crippen LogP contribution in [0.3, 0.4) is 0 Å². The first kappa shape index (κ1) is 17.5. The highest BCUT2D eigenvalue weighted by Crippen LogP contribution is 2.39. The van der Waals surface area contributed by atoms with Crippen molar-refractivity contribution < 1.29 is 0 Å². The second-order valence-electron chi connectivity index (χ2n) is 6.39. The number of aryl methyl sites for hydroxylation is 2. The van der Waals surface area contributed by atoms with E-state index >= 15 is 0 Å². The van der Waals surface area contributed by atoms with Crippen LogP contribution in [0.5, 0.6) is 0 Å². The van der Waals surface area contributed by atoms with Crippen LogP contribution in [0.15, 0.2) is 83.9 Å². The van der Waals surface area contributed by atoms with E-state index in [1.54, 1.807) is 11.8 Å². The van der Waals surface area contributed by atoms with Crippen molar-refractivity contribution in [2.75, 3.05) is 0 Å². The summed E-state index contributed by atoms with van der Waals surface area (Å²) in [4.78, 5) is 0. The van der Waals surface area contributed by atoms with Crippen LogP contribution < -0.4 is 0 Å². The Morgan fingerprint density at radius 1 is 0.778 bits per heavy atom. The summed E-state index contributed by atoms with van der Waals surface area (Å²) in [5, 5.41) is 14.4. The van der Waals surface area contributed by atoms with Crippen molar-refractivity contribution in [3.05, 3.63) is 101 Å². The van der Waals surface area contributed by atoms with Gasteiger partial charge < -0.3 is 0 Å². The molecule has 5 heteroatoms. The number of hydrogen-bond donors (Lipinski definition) is 0. The van der Waals surface area contributed by atoms with Crippen LogP contribution in [0.1, 0.15) is 27.8 Å². The molecule has 134 valence electrons. The highest BCUT2D eigenvalue weighted by atomic mass is 32.2. The minimum atomic E-state index is 0.168. The molecule has 0 saturated heterocycles. The molecule has 0 saturated carbocycles. The zero-order valence-corrected chi connectivity index (χ0v) is 16.1. The maximum Gasteiger partial charge on any atom is 0.175 e. The Morgan fingerprint density at radius 3 is 1.89 bits per heavy atom. The predicted octanol–water partition coefficient (Wildman–Crippen LogP) is 5.16. The Morgan fingerprint density at radius 2 is 1.41 bits per heavy atom. The first-order valence-corrected chi connectivity index (χ1v) is 9.72. The van der Waals surface area contributed by atoms with Crippen molar-refractivity contribution in [3.63, 3.8) is 0 Å².